The van der Waals surface area contributed by atoms with Crippen molar-refractivity contribution in [3.05, 3.63) is 118 Å². The van der Waals surface area contributed by atoms with Crippen LogP contribution in [0.15, 0.2) is 91.2 Å². The molecular formula is C24H18Cl2O2. The molecule has 2 nitrogen and oxygen atoms in total. The van der Waals surface area contributed by atoms with Crippen molar-refractivity contribution in [2.75, 3.05) is 7.11 Å². The highest BCUT2D eigenvalue weighted by molar-refractivity contribution is 6.42. The maximum Gasteiger partial charge on any atom is 0.131 e. The van der Waals surface area contributed by atoms with Crippen LogP contribution in [0.3, 0.4) is 0 Å². The summed E-state index contributed by atoms with van der Waals surface area (Å²) in [7, 11) is 1.67. The van der Waals surface area contributed by atoms with E-state index in [0.717, 1.165) is 28.2 Å². The summed E-state index contributed by atoms with van der Waals surface area (Å²) in [6.07, 6.45) is 5.91. The van der Waals surface area contributed by atoms with Crippen LogP contribution in [0.2, 0.25) is 10.0 Å². The molecule has 3 aromatic rings. The van der Waals surface area contributed by atoms with Gasteiger partial charge in [0.25, 0.3) is 0 Å². The average molecular weight is 409 g/mol. The Hall–Kier alpha value is -2.68. The number of hydrogen-bond donors (Lipinski definition) is 0. The summed E-state index contributed by atoms with van der Waals surface area (Å²) in [5.41, 5.74) is 2.63. The van der Waals surface area contributed by atoms with Gasteiger partial charge in [0, 0.05) is 5.56 Å². The van der Waals surface area contributed by atoms with Crippen LogP contribution in [0.1, 0.15) is 16.7 Å². The summed E-state index contributed by atoms with van der Waals surface area (Å²) in [6, 6.07) is 23.9. The molecule has 0 radical (unpaired) electrons. The second kappa shape index (κ2) is 7.75. The van der Waals surface area contributed by atoms with Crippen LogP contribution in [-0.4, -0.2) is 7.11 Å². The first-order chi connectivity index (χ1) is 13.6. The first-order valence-corrected chi connectivity index (χ1v) is 9.61. The minimum absolute atomic E-state index is 0.479. The molecular weight excluding hydrogens is 391 g/mol. The van der Waals surface area contributed by atoms with Gasteiger partial charge < -0.3 is 9.47 Å². The van der Waals surface area contributed by atoms with E-state index in [9.17, 15) is 0 Å². The lowest BCUT2D eigenvalue weighted by Gasteiger charge is -2.32. The Morgan fingerprint density at radius 2 is 1.54 bits per heavy atom. The number of rotatable bonds is 4. The molecule has 0 amide bonds. The SMILES string of the molecule is COc1ccc(C2(c3ccccc3)C=COC(c3ccc(Cl)c(Cl)c3)=C2)cc1. The quantitative estimate of drug-likeness (QED) is 0.468. The van der Waals surface area contributed by atoms with Gasteiger partial charge in [-0.2, -0.15) is 0 Å². The van der Waals surface area contributed by atoms with Gasteiger partial charge in [-0.15, -0.1) is 0 Å². The van der Waals surface area contributed by atoms with Crippen molar-refractivity contribution in [2.45, 2.75) is 5.41 Å². The van der Waals surface area contributed by atoms with E-state index in [2.05, 4.69) is 36.4 Å². The van der Waals surface area contributed by atoms with E-state index in [0.29, 0.717) is 10.0 Å². The van der Waals surface area contributed by atoms with Crippen molar-refractivity contribution in [2.24, 2.45) is 0 Å². The number of hydrogen-bond acceptors (Lipinski definition) is 2. The van der Waals surface area contributed by atoms with E-state index in [1.54, 1.807) is 19.4 Å². The second-order valence-electron chi connectivity index (χ2n) is 6.52. The number of benzene rings is 3. The van der Waals surface area contributed by atoms with E-state index in [1.165, 1.54) is 0 Å². The van der Waals surface area contributed by atoms with Crippen molar-refractivity contribution in [1.82, 2.24) is 0 Å². The third-order valence-corrected chi connectivity index (χ3v) is 5.65. The third-order valence-electron chi connectivity index (χ3n) is 4.91. The van der Waals surface area contributed by atoms with Gasteiger partial charge in [0.15, 0.2) is 0 Å². The van der Waals surface area contributed by atoms with Crippen LogP contribution in [0.25, 0.3) is 5.76 Å². The molecule has 1 aliphatic rings. The molecule has 0 spiro atoms. The third kappa shape index (κ3) is 3.42. The number of methoxy groups -OCH3 is 1. The summed E-state index contributed by atoms with van der Waals surface area (Å²) in [5, 5.41) is 1.01. The lowest BCUT2D eigenvalue weighted by atomic mass is 9.73. The topological polar surface area (TPSA) is 18.5 Å². The Morgan fingerprint density at radius 3 is 2.21 bits per heavy atom. The fourth-order valence-corrected chi connectivity index (χ4v) is 3.71. The molecule has 3 aromatic carbocycles. The molecule has 0 fully saturated rings. The molecule has 0 saturated carbocycles. The molecule has 0 aromatic heterocycles. The summed E-state index contributed by atoms with van der Waals surface area (Å²) in [4.78, 5) is 0. The van der Waals surface area contributed by atoms with Crippen LogP contribution in [-0.2, 0) is 10.2 Å². The van der Waals surface area contributed by atoms with Crippen molar-refractivity contribution in [1.29, 1.82) is 0 Å². The number of halogens is 2. The largest absolute Gasteiger partial charge is 0.497 e. The van der Waals surface area contributed by atoms with Gasteiger partial charge in [-0.3, -0.25) is 0 Å². The van der Waals surface area contributed by atoms with Crippen LogP contribution >= 0.6 is 23.2 Å². The van der Waals surface area contributed by atoms with E-state index < -0.39 is 5.41 Å². The van der Waals surface area contributed by atoms with Crippen molar-refractivity contribution in [3.63, 3.8) is 0 Å². The molecule has 1 atom stereocenters. The molecule has 1 heterocycles. The maximum atomic E-state index is 6.22. The lowest BCUT2D eigenvalue weighted by molar-refractivity contribution is 0.412. The normalized spacial score (nSPS) is 18.3. The van der Waals surface area contributed by atoms with Gasteiger partial charge in [0.2, 0.25) is 0 Å². The first-order valence-electron chi connectivity index (χ1n) is 8.85. The lowest BCUT2D eigenvalue weighted by Crippen LogP contribution is -2.25. The molecule has 4 heteroatoms. The molecule has 4 rings (SSSR count). The zero-order valence-corrected chi connectivity index (χ0v) is 16.7. The Bertz CT molecular complexity index is 1040. The van der Waals surface area contributed by atoms with Crippen LogP contribution in [0.4, 0.5) is 0 Å². The highest BCUT2D eigenvalue weighted by atomic mass is 35.5. The Labute approximate surface area is 174 Å². The van der Waals surface area contributed by atoms with E-state index in [4.69, 9.17) is 32.7 Å². The number of allylic oxidation sites excluding steroid dienone is 2. The smallest absolute Gasteiger partial charge is 0.131 e. The molecule has 1 unspecified atom stereocenters. The van der Waals surface area contributed by atoms with Crippen molar-refractivity contribution in [3.8, 4) is 5.75 Å². The highest BCUT2D eigenvalue weighted by Crippen LogP contribution is 2.41. The van der Waals surface area contributed by atoms with Crippen molar-refractivity contribution < 1.29 is 9.47 Å². The van der Waals surface area contributed by atoms with Gasteiger partial charge in [0.05, 0.1) is 28.8 Å². The minimum Gasteiger partial charge on any atom is -0.497 e. The van der Waals surface area contributed by atoms with E-state index >= 15 is 0 Å². The highest BCUT2D eigenvalue weighted by Gasteiger charge is 2.33. The summed E-state index contributed by atoms with van der Waals surface area (Å²) in [5.74, 6) is 1.54. The molecule has 0 bridgehead atoms. The Kier molecular flexibility index (Phi) is 5.17. The second-order valence-corrected chi connectivity index (χ2v) is 7.34. The average Bonchev–Trinajstić information content (AvgIpc) is 2.76. The predicted molar refractivity (Wildman–Crippen MR) is 115 cm³/mol. The van der Waals surface area contributed by atoms with Gasteiger partial charge in [-0.1, -0.05) is 65.7 Å². The van der Waals surface area contributed by atoms with Gasteiger partial charge in [-0.25, -0.2) is 0 Å². The first kappa shape index (κ1) is 18.7. The molecule has 0 aliphatic carbocycles. The zero-order chi connectivity index (χ0) is 19.6. The Balaban J connectivity index is 1.89. The number of ether oxygens (including phenoxy) is 2. The Morgan fingerprint density at radius 1 is 0.821 bits per heavy atom. The monoisotopic (exact) mass is 408 g/mol. The minimum atomic E-state index is -0.479. The molecule has 0 saturated heterocycles. The zero-order valence-electron chi connectivity index (χ0n) is 15.2. The molecule has 28 heavy (non-hydrogen) atoms. The molecule has 140 valence electrons. The van der Waals surface area contributed by atoms with Crippen LogP contribution in [0.5, 0.6) is 5.75 Å². The molecule has 1 aliphatic heterocycles. The van der Waals surface area contributed by atoms with Gasteiger partial charge >= 0.3 is 0 Å². The standard InChI is InChI=1S/C24H18Cl2O2/c1-27-20-10-8-19(9-11-20)24(18-5-3-2-4-6-18)13-14-28-23(16-24)17-7-12-21(25)22(26)15-17/h2-16H,1H3. The predicted octanol–water partition coefficient (Wildman–Crippen LogP) is 6.87. The van der Waals surface area contributed by atoms with Crippen LogP contribution in [0, 0.1) is 0 Å². The van der Waals surface area contributed by atoms with E-state index in [1.807, 2.05) is 42.5 Å². The van der Waals surface area contributed by atoms with Gasteiger partial charge in [-0.05, 0) is 53.6 Å². The molecule has 0 N–H and O–H groups in total. The summed E-state index contributed by atoms with van der Waals surface area (Å²) >= 11 is 12.3. The van der Waals surface area contributed by atoms with Gasteiger partial charge in [0.1, 0.15) is 11.5 Å². The fourth-order valence-electron chi connectivity index (χ4n) is 3.41. The van der Waals surface area contributed by atoms with E-state index in [-0.39, 0.29) is 0 Å². The van der Waals surface area contributed by atoms with Crippen molar-refractivity contribution >= 4 is 29.0 Å². The maximum absolute atomic E-state index is 6.22. The fraction of sp³-hybridized carbons (Fsp3) is 0.0833. The summed E-state index contributed by atoms with van der Waals surface area (Å²) in [6.45, 7) is 0. The van der Waals surface area contributed by atoms with Crippen LogP contribution < -0.4 is 4.74 Å². The summed E-state index contributed by atoms with van der Waals surface area (Å²) < 4.78 is 11.2.